The molecule has 0 saturated heterocycles. The quantitative estimate of drug-likeness (QED) is 0.0421. The molecule has 14 heteroatoms. The molecule has 312 valence electrons. The van der Waals surface area contributed by atoms with Crippen LogP contribution in [0.15, 0.2) is 33.1 Å². The van der Waals surface area contributed by atoms with Crippen molar-refractivity contribution in [2.75, 3.05) is 6.54 Å². The first-order valence-electron chi connectivity index (χ1n) is 20.4. The van der Waals surface area contributed by atoms with E-state index >= 15 is 0 Å². The minimum Gasteiger partial charge on any atom is -0.455 e. The molecule has 0 radical (unpaired) electrons. The molecule has 4 N–H and O–H groups in total. The summed E-state index contributed by atoms with van der Waals surface area (Å²) in [5, 5.41) is 5.80. The number of carbonyl (C=O) groups excluding carboxylic acids is 2. The van der Waals surface area contributed by atoms with E-state index < -0.39 is 31.7 Å². The fourth-order valence-corrected chi connectivity index (χ4v) is 7.16. The number of unbranched alkanes of at least 4 members (excludes halogenated alkanes) is 18. The average molecular weight is 803 g/mol. The highest BCUT2D eigenvalue weighted by molar-refractivity contribution is 7.85. The molecule has 1 atom stereocenters. The van der Waals surface area contributed by atoms with E-state index in [1.165, 1.54) is 127 Å². The number of carbonyl (C=O) groups is 2. The second kappa shape index (κ2) is 29.6. The summed E-state index contributed by atoms with van der Waals surface area (Å²) in [5.41, 5.74) is 0. The van der Waals surface area contributed by atoms with Crippen molar-refractivity contribution in [2.45, 2.75) is 186 Å². The lowest BCUT2D eigenvalue weighted by atomic mass is 10.0. The maximum absolute atomic E-state index is 12.4. The van der Waals surface area contributed by atoms with E-state index in [-0.39, 0.29) is 40.9 Å². The Morgan fingerprint density at radius 1 is 0.537 bits per heavy atom. The minimum absolute atomic E-state index is 0.0491. The van der Waals surface area contributed by atoms with Crippen molar-refractivity contribution in [3.8, 4) is 0 Å². The summed E-state index contributed by atoms with van der Waals surface area (Å²) in [6, 6.07) is 5.76. The lowest BCUT2D eigenvalue weighted by Gasteiger charge is -2.18. The normalized spacial score (nSPS) is 12.2. The summed E-state index contributed by atoms with van der Waals surface area (Å²) in [6.45, 7) is 7.18. The van der Waals surface area contributed by atoms with E-state index in [9.17, 15) is 26.4 Å². The van der Waals surface area contributed by atoms with Crippen LogP contribution in [0.5, 0.6) is 0 Å². The smallest absolute Gasteiger partial charge is 0.287 e. The van der Waals surface area contributed by atoms with Crippen molar-refractivity contribution in [1.82, 2.24) is 10.6 Å². The van der Waals surface area contributed by atoms with Gasteiger partial charge in [0, 0.05) is 12.6 Å². The molecule has 0 spiro atoms. The summed E-state index contributed by atoms with van der Waals surface area (Å²) in [6.07, 6.45) is 27.7. The van der Waals surface area contributed by atoms with Gasteiger partial charge in [0.2, 0.25) is 0 Å². The van der Waals surface area contributed by atoms with Gasteiger partial charge in [-0.25, -0.2) is 0 Å². The molecule has 12 nitrogen and oxygen atoms in total. The van der Waals surface area contributed by atoms with Crippen LogP contribution in [0.25, 0.3) is 0 Å². The molecule has 2 aromatic rings. The van der Waals surface area contributed by atoms with Gasteiger partial charge >= 0.3 is 0 Å². The second-order valence-corrected chi connectivity index (χ2v) is 17.3. The van der Waals surface area contributed by atoms with Crippen molar-refractivity contribution in [3.63, 3.8) is 0 Å². The monoisotopic (exact) mass is 802 g/mol. The predicted octanol–water partition coefficient (Wildman–Crippen LogP) is 10.2. The fraction of sp³-hybridized carbons (Fsp3) is 0.750. The summed E-state index contributed by atoms with van der Waals surface area (Å²) >= 11 is 0. The van der Waals surface area contributed by atoms with Gasteiger partial charge in [-0.2, -0.15) is 16.8 Å². The Morgan fingerprint density at radius 3 is 1.30 bits per heavy atom. The Balaban J connectivity index is 0.000000540. The lowest BCUT2D eigenvalue weighted by Crippen LogP contribution is -2.34. The summed E-state index contributed by atoms with van der Waals surface area (Å²) < 4.78 is 71.4. The molecule has 54 heavy (non-hydrogen) atoms. The summed E-state index contributed by atoms with van der Waals surface area (Å²) in [4.78, 5) is 24.3. The van der Waals surface area contributed by atoms with Gasteiger partial charge < -0.3 is 19.5 Å². The van der Waals surface area contributed by atoms with E-state index in [1.807, 2.05) is 0 Å². The molecule has 2 rings (SSSR count). The summed E-state index contributed by atoms with van der Waals surface area (Å²) in [5.74, 6) is -1.69. The zero-order valence-corrected chi connectivity index (χ0v) is 34.9. The zero-order valence-electron chi connectivity index (χ0n) is 33.2. The Labute approximate surface area is 325 Å². The first kappa shape index (κ1) is 49.3. The van der Waals surface area contributed by atoms with Crippen LogP contribution in [0, 0.1) is 0 Å². The van der Waals surface area contributed by atoms with Crippen LogP contribution in [0.3, 0.4) is 0 Å². The number of amides is 2. The first-order valence-corrected chi connectivity index (χ1v) is 23.7. The van der Waals surface area contributed by atoms with Crippen molar-refractivity contribution in [1.29, 1.82) is 0 Å². The number of furan rings is 2. The Morgan fingerprint density at radius 2 is 0.889 bits per heavy atom. The maximum atomic E-state index is 12.4. The number of nitrogens with one attached hydrogen (secondary N) is 2. The van der Waals surface area contributed by atoms with Gasteiger partial charge in [-0.1, -0.05) is 149 Å². The van der Waals surface area contributed by atoms with Crippen LogP contribution in [-0.2, 0) is 31.7 Å². The van der Waals surface area contributed by atoms with Crippen LogP contribution >= 0.6 is 0 Å². The highest BCUT2D eigenvalue weighted by atomic mass is 32.2. The maximum Gasteiger partial charge on any atom is 0.287 e. The highest BCUT2D eigenvalue weighted by Gasteiger charge is 2.19. The van der Waals surface area contributed by atoms with Gasteiger partial charge in [0.15, 0.2) is 11.5 Å². The molecule has 0 bridgehead atoms. The van der Waals surface area contributed by atoms with Crippen LogP contribution < -0.4 is 10.6 Å². The van der Waals surface area contributed by atoms with Crippen molar-refractivity contribution < 1.29 is 44.4 Å². The topological polar surface area (TPSA) is 193 Å². The molecule has 2 aromatic heterocycles. The molecular weight excluding hydrogens is 733 g/mol. The van der Waals surface area contributed by atoms with Gasteiger partial charge in [-0.3, -0.25) is 18.7 Å². The summed E-state index contributed by atoms with van der Waals surface area (Å²) in [7, 11) is -8.33. The van der Waals surface area contributed by atoms with Crippen molar-refractivity contribution >= 4 is 32.1 Å². The lowest BCUT2D eigenvalue weighted by molar-refractivity contribution is 0.0899. The predicted molar refractivity (Wildman–Crippen MR) is 215 cm³/mol. The fourth-order valence-electron chi connectivity index (χ4n) is 6.13. The largest absolute Gasteiger partial charge is 0.455 e. The highest BCUT2D eigenvalue weighted by Crippen LogP contribution is 2.17. The Hall–Kier alpha value is -2.68. The third-order valence-electron chi connectivity index (χ3n) is 9.13. The molecule has 0 aliphatic carbocycles. The molecular formula is C40H70N2O10S2. The minimum atomic E-state index is -4.18. The first-order chi connectivity index (χ1) is 25.8. The SMILES string of the molecule is CCCCCCCC(CCCCCC)NC(=O)c1ccc(CS(=O)(=O)O)o1.CCCCCCCCCCCCCCNC(=O)c1ccc(CS(=O)(=O)O)o1. The molecule has 0 fully saturated rings. The third-order valence-corrected chi connectivity index (χ3v) is 10.4. The average Bonchev–Trinajstić information content (AvgIpc) is 3.77. The third kappa shape index (κ3) is 27.0. The number of rotatable bonds is 31. The van der Waals surface area contributed by atoms with E-state index in [1.54, 1.807) is 0 Å². The molecule has 1 unspecified atom stereocenters. The van der Waals surface area contributed by atoms with Gasteiger partial charge in [0.05, 0.1) is 0 Å². The molecule has 0 aromatic carbocycles. The molecule has 0 aliphatic rings. The molecule has 2 amide bonds. The Bertz CT molecular complexity index is 1490. The van der Waals surface area contributed by atoms with Crippen molar-refractivity contribution in [2.24, 2.45) is 0 Å². The van der Waals surface area contributed by atoms with E-state index in [0.29, 0.717) is 6.54 Å². The Kier molecular flexibility index (Phi) is 27.0. The van der Waals surface area contributed by atoms with E-state index in [4.69, 9.17) is 17.9 Å². The number of hydrogen-bond donors (Lipinski definition) is 4. The van der Waals surface area contributed by atoms with Gasteiger partial charge in [-0.15, -0.1) is 0 Å². The van der Waals surface area contributed by atoms with E-state index in [0.717, 1.165) is 44.9 Å². The number of hydrogen-bond acceptors (Lipinski definition) is 8. The van der Waals surface area contributed by atoms with Crippen molar-refractivity contribution in [3.05, 3.63) is 47.3 Å². The van der Waals surface area contributed by atoms with E-state index in [2.05, 4.69) is 31.4 Å². The van der Waals surface area contributed by atoms with Gasteiger partial charge in [0.25, 0.3) is 32.1 Å². The standard InChI is InChI=1S/2C20H35NO5S/c1-3-5-7-9-11-13-17(12-10-8-6-4-2)21-20(22)19-15-14-18(26-19)16-27(23,24)25;1-2-3-4-5-6-7-8-9-10-11-12-13-16-21-20(22)19-15-14-18(26-19)17-27(23,24)25/h14-15,17H,3-13,16H2,1-2H3,(H,21,22)(H,23,24,25);14-15H,2-13,16-17H2,1H3,(H,21,22)(H,23,24,25). The van der Waals surface area contributed by atoms with Crippen LogP contribution in [-0.4, -0.2) is 50.3 Å². The van der Waals surface area contributed by atoms with Gasteiger partial charge in [0.1, 0.15) is 23.0 Å². The molecule has 2 heterocycles. The van der Waals surface area contributed by atoms with Gasteiger partial charge in [-0.05, 0) is 43.5 Å². The molecule has 0 aliphatic heterocycles. The van der Waals surface area contributed by atoms with Crippen LogP contribution in [0.2, 0.25) is 0 Å². The zero-order chi connectivity index (χ0) is 40.1. The molecule has 0 saturated carbocycles. The van der Waals surface area contributed by atoms with Crippen LogP contribution in [0.4, 0.5) is 0 Å². The second-order valence-electron chi connectivity index (χ2n) is 14.4. The van der Waals surface area contributed by atoms with Crippen LogP contribution in [0.1, 0.15) is 201 Å².